The number of hydrogen-bond acceptors (Lipinski definition) is 12. The molecule has 216 valence electrons. The lowest BCUT2D eigenvalue weighted by Crippen LogP contribution is -2.68. The molecule has 4 rings (SSSR count). The van der Waals surface area contributed by atoms with E-state index in [4.69, 9.17) is 23.4 Å². The van der Waals surface area contributed by atoms with Gasteiger partial charge in [-0.1, -0.05) is 0 Å². The summed E-state index contributed by atoms with van der Waals surface area (Å²) in [5.74, 6) is -0.555. The summed E-state index contributed by atoms with van der Waals surface area (Å²) in [5.41, 5.74) is -0.788. The second kappa shape index (κ2) is 12.1. The maximum Gasteiger partial charge on any atom is 0.306 e. The first-order valence-electron chi connectivity index (χ1n) is 12.8. The molecule has 0 spiro atoms. The van der Waals surface area contributed by atoms with Crippen molar-refractivity contribution in [1.82, 2.24) is 5.32 Å². The Hall–Kier alpha value is -2.94. The Balaban J connectivity index is 1.81. The molecule has 2 aliphatic rings. The van der Waals surface area contributed by atoms with Crippen LogP contribution in [0.2, 0.25) is 0 Å². The van der Waals surface area contributed by atoms with Crippen LogP contribution >= 0.6 is 0 Å². The number of methoxy groups -OCH3 is 1. The van der Waals surface area contributed by atoms with Crippen LogP contribution in [0.1, 0.15) is 43.2 Å². The maximum atomic E-state index is 12.2. The SMILES string of the molecule is CCOC(=O)CCc1cc2c(C3CNC(=O)C3)coc2c(OC)c1OC1OC(CO)C(O)C(O)C1(O)CCO. The number of carbonyl (C=O) groups excluding carboxylic acids is 2. The molecule has 13 nitrogen and oxygen atoms in total. The Kier molecular flexibility index (Phi) is 8.99. The van der Waals surface area contributed by atoms with E-state index in [-0.39, 0.29) is 54.8 Å². The second-order valence-electron chi connectivity index (χ2n) is 9.68. The van der Waals surface area contributed by atoms with E-state index in [1.807, 2.05) is 0 Å². The van der Waals surface area contributed by atoms with Gasteiger partial charge < -0.3 is 54.2 Å². The summed E-state index contributed by atoms with van der Waals surface area (Å²) in [6, 6.07) is 1.73. The summed E-state index contributed by atoms with van der Waals surface area (Å²) in [6.07, 6.45) is -4.99. The van der Waals surface area contributed by atoms with E-state index >= 15 is 0 Å². The molecule has 0 aliphatic carbocycles. The molecular formula is C26H35NO12. The normalized spacial score (nSPS) is 28.9. The van der Waals surface area contributed by atoms with Gasteiger partial charge in [-0.05, 0) is 25.0 Å². The molecule has 13 heteroatoms. The topological polar surface area (TPSA) is 197 Å². The van der Waals surface area contributed by atoms with Gasteiger partial charge in [0.15, 0.2) is 16.9 Å². The van der Waals surface area contributed by atoms with Gasteiger partial charge in [0.1, 0.15) is 18.3 Å². The summed E-state index contributed by atoms with van der Waals surface area (Å²) in [7, 11) is 1.37. The average Bonchev–Trinajstić information content (AvgIpc) is 3.53. The molecule has 1 amide bonds. The molecule has 39 heavy (non-hydrogen) atoms. The molecule has 0 bridgehead atoms. The van der Waals surface area contributed by atoms with Crippen LogP contribution in [0, 0.1) is 0 Å². The number of aliphatic hydroxyl groups excluding tert-OH is 4. The number of benzene rings is 1. The zero-order valence-corrected chi connectivity index (χ0v) is 21.8. The minimum Gasteiger partial charge on any atom is -0.490 e. The number of furan rings is 1. The first kappa shape index (κ1) is 29.1. The first-order chi connectivity index (χ1) is 18.7. The van der Waals surface area contributed by atoms with Gasteiger partial charge in [0, 0.05) is 49.3 Å². The third-order valence-electron chi connectivity index (χ3n) is 7.25. The third kappa shape index (κ3) is 5.55. The van der Waals surface area contributed by atoms with Crippen molar-refractivity contribution in [2.75, 3.05) is 33.5 Å². The number of nitrogens with one attached hydrogen (secondary N) is 1. The van der Waals surface area contributed by atoms with Crippen LogP contribution in [0.4, 0.5) is 0 Å². The van der Waals surface area contributed by atoms with Crippen molar-refractivity contribution in [3.05, 3.63) is 23.5 Å². The Labute approximate surface area is 224 Å². The summed E-state index contributed by atoms with van der Waals surface area (Å²) >= 11 is 0. The monoisotopic (exact) mass is 553 g/mol. The van der Waals surface area contributed by atoms with Crippen LogP contribution in [0.25, 0.3) is 11.0 Å². The van der Waals surface area contributed by atoms with Gasteiger partial charge in [-0.2, -0.15) is 0 Å². The van der Waals surface area contributed by atoms with Gasteiger partial charge in [0.25, 0.3) is 0 Å². The average molecular weight is 554 g/mol. The molecule has 2 aromatic rings. The summed E-state index contributed by atoms with van der Waals surface area (Å²) in [5, 5.41) is 55.0. The molecule has 0 radical (unpaired) electrons. The first-order valence-corrected chi connectivity index (χ1v) is 12.8. The zero-order valence-electron chi connectivity index (χ0n) is 21.8. The highest BCUT2D eigenvalue weighted by molar-refractivity contribution is 5.92. The van der Waals surface area contributed by atoms with E-state index in [9.17, 15) is 35.1 Å². The highest BCUT2D eigenvalue weighted by Gasteiger charge is 2.56. The molecule has 1 aromatic heterocycles. The minimum absolute atomic E-state index is 0.0252. The Morgan fingerprint density at radius 2 is 2.03 bits per heavy atom. The molecule has 6 unspecified atom stereocenters. The van der Waals surface area contributed by atoms with Crippen molar-refractivity contribution in [2.45, 2.75) is 68.7 Å². The molecule has 2 saturated heterocycles. The Morgan fingerprint density at radius 3 is 2.64 bits per heavy atom. The van der Waals surface area contributed by atoms with Crippen LogP contribution in [-0.2, 0) is 25.5 Å². The van der Waals surface area contributed by atoms with Crippen LogP contribution < -0.4 is 14.8 Å². The maximum absolute atomic E-state index is 12.2. The number of esters is 1. The number of aryl methyl sites for hydroxylation is 1. The van der Waals surface area contributed by atoms with Crippen molar-refractivity contribution in [3.8, 4) is 11.5 Å². The van der Waals surface area contributed by atoms with Crippen molar-refractivity contribution in [3.63, 3.8) is 0 Å². The second-order valence-corrected chi connectivity index (χ2v) is 9.68. The summed E-state index contributed by atoms with van der Waals surface area (Å²) < 4.78 is 28.3. The van der Waals surface area contributed by atoms with Gasteiger partial charge in [-0.15, -0.1) is 0 Å². The van der Waals surface area contributed by atoms with Gasteiger partial charge in [0.05, 0.1) is 26.6 Å². The van der Waals surface area contributed by atoms with Crippen LogP contribution in [0.5, 0.6) is 11.5 Å². The lowest BCUT2D eigenvalue weighted by atomic mass is 9.84. The van der Waals surface area contributed by atoms with E-state index < -0.39 is 55.8 Å². The molecule has 2 fully saturated rings. The molecule has 6 N–H and O–H groups in total. The Bertz CT molecular complexity index is 1180. The molecule has 2 aliphatic heterocycles. The van der Waals surface area contributed by atoms with Gasteiger partial charge >= 0.3 is 5.97 Å². The number of hydrogen-bond donors (Lipinski definition) is 6. The third-order valence-corrected chi connectivity index (χ3v) is 7.25. The molecule has 1 aromatic carbocycles. The molecular weight excluding hydrogens is 518 g/mol. The Morgan fingerprint density at radius 1 is 1.26 bits per heavy atom. The quantitative estimate of drug-likeness (QED) is 0.195. The fraction of sp³-hybridized carbons (Fsp3) is 0.615. The standard InChI is InChI=1S/C26H35NO12/c1-3-36-19(31)5-4-13-8-15-16(14-9-18(30)27-10-14)12-37-22(15)23(35-2)21(13)39-25-26(34,6-7-28)24(33)20(32)17(11-29)38-25/h8,12,14,17,20,24-25,28-29,32-34H,3-7,9-11H2,1-2H3,(H,27,30). The van der Waals surface area contributed by atoms with Crippen molar-refractivity contribution in [2.24, 2.45) is 0 Å². The van der Waals surface area contributed by atoms with E-state index in [0.29, 0.717) is 17.5 Å². The van der Waals surface area contributed by atoms with Crippen molar-refractivity contribution in [1.29, 1.82) is 0 Å². The molecule has 3 heterocycles. The number of ether oxygens (including phenoxy) is 4. The predicted octanol–water partition coefficient (Wildman–Crippen LogP) is -0.528. The number of carbonyl (C=O) groups is 2. The van der Waals surface area contributed by atoms with Gasteiger partial charge in [0.2, 0.25) is 17.9 Å². The van der Waals surface area contributed by atoms with Gasteiger partial charge in [-0.3, -0.25) is 9.59 Å². The minimum atomic E-state index is -2.28. The van der Waals surface area contributed by atoms with E-state index in [1.165, 1.54) is 13.4 Å². The lowest BCUT2D eigenvalue weighted by molar-refractivity contribution is -0.323. The summed E-state index contributed by atoms with van der Waals surface area (Å²) in [4.78, 5) is 24.1. The van der Waals surface area contributed by atoms with E-state index in [1.54, 1.807) is 13.0 Å². The van der Waals surface area contributed by atoms with E-state index in [2.05, 4.69) is 5.32 Å². The predicted molar refractivity (Wildman–Crippen MR) is 133 cm³/mol. The number of amides is 1. The van der Waals surface area contributed by atoms with Crippen LogP contribution in [-0.4, -0.2) is 101 Å². The largest absolute Gasteiger partial charge is 0.490 e. The zero-order chi connectivity index (χ0) is 28.3. The van der Waals surface area contributed by atoms with Gasteiger partial charge in [-0.25, -0.2) is 0 Å². The highest BCUT2D eigenvalue weighted by atomic mass is 16.7. The number of rotatable bonds is 11. The van der Waals surface area contributed by atoms with Crippen LogP contribution in [0.15, 0.2) is 16.7 Å². The fourth-order valence-corrected chi connectivity index (χ4v) is 5.13. The van der Waals surface area contributed by atoms with Crippen molar-refractivity contribution < 1.29 is 58.5 Å². The van der Waals surface area contributed by atoms with Crippen molar-refractivity contribution >= 4 is 22.8 Å². The van der Waals surface area contributed by atoms with Crippen LogP contribution in [0.3, 0.4) is 0 Å². The summed E-state index contributed by atoms with van der Waals surface area (Å²) in [6.45, 7) is 1.06. The highest BCUT2D eigenvalue weighted by Crippen LogP contribution is 2.46. The number of fused-ring (bicyclic) bond motifs is 1. The lowest BCUT2D eigenvalue weighted by Gasteiger charge is -2.47. The molecule has 0 saturated carbocycles. The fourth-order valence-electron chi connectivity index (χ4n) is 5.13. The molecule has 6 atom stereocenters. The van der Waals surface area contributed by atoms with E-state index in [0.717, 1.165) is 5.56 Å². The number of aliphatic hydroxyl groups is 5. The smallest absolute Gasteiger partial charge is 0.306 e.